The Balaban J connectivity index is 2.48. The standard InChI is InChI=1S/C15H23N3O3Si/c1-10(19)13-14(12(17-18-16)15(20-2)21-13)22(3,4)11-8-6-5-7-9-11/h5-10,12-15,19H,1-4H3/t10-,12-,13+,14-,15?/m1/s1. The number of hydrogen-bond donors (Lipinski definition) is 1. The van der Waals surface area contributed by atoms with Gasteiger partial charge in [0, 0.05) is 17.6 Å². The molecule has 6 nitrogen and oxygen atoms in total. The van der Waals surface area contributed by atoms with Gasteiger partial charge in [-0.2, -0.15) is 0 Å². The maximum absolute atomic E-state index is 10.1. The number of ether oxygens (including phenoxy) is 2. The molecule has 0 amide bonds. The minimum absolute atomic E-state index is 0.0595. The molecule has 1 aromatic carbocycles. The average molecular weight is 321 g/mol. The topological polar surface area (TPSA) is 87.5 Å². The fraction of sp³-hybridized carbons (Fsp3) is 0.600. The molecule has 1 unspecified atom stereocenters. The smallest absolute Gasteiger partial charge is 0.166 e. The Labute approximate surface area is 131 Å². The second-order valence-electron chi connectivity index (χ2n) is 6.25. The van der Waals surface area contributed by atoms with Gasteiger partial charge in [-0.1, -0.05) is 53.7 Å². The number of azide groups is 1. The Kier molecular flexibility index (Phi) is 5.26. The van der Waals surface area contributed by atoms with Gasteiger partial charge in [-0.05, 0) is 12.5 Å². The van der Waals surface area contributed by atoms with Crippen LogP contribution >= 0.6 is 0 Å². The summed E-state index contributed by atoms with van der Waals surface area (Å²) in [7, 11) is -0.530. The predicted octanol–water partition coefficient (Wildman–Crippen LogP) is 2.40. The lowest BCUT2D eigenvalue weighted by Crippen LogP contribution is -2.53. The van der Waals surface area contributed by atoms with E-state index in [1.165, 1.54) is 12.3 Å². The van der Waals surface area contributed by atoms with Gasteiger partial charge in [-0.15, -0.1) is 0 Å². The van der Waals surface area contributed by atoms with Crippen LogP contribution < -0.4 is 5.19 Å². The predicted molar refractivity (Wildman–Crippen MR) is 87.6 cm³/mol. The maximum Gasteiger partial charge on any atom is 0.166 e. The molecule has 1 aromatic rings. The molecule has 1 saturated heterocycles. The fourth-order valence-electron chi connectivity index (χ4n) is 3.38. The van der Waals surface area contributed by atoms with Gasteiger partial charge in [0.1, 0.15) is 0 Å². The fourth-order valence-corrected chi connectivity index (χ4v) is 7.07. The summed E-state index contributed by atoms with van der Waals surface area (Å²) in [5, 5.41) is 15.3. The van der Waals surface area contributed by atoms with E-state index in [2.05, 4.69) is 35.3 Å². The van der Waals surface area contributed by atoms with E-state index in [1.807, 2.05) is 18.2 Å². The molecule has 0 aliphatic carbocycles. The van der Waals surface area contributed by atoms with Crippen molar-refractivity contribution in [3.63, 3.8) is 0 Å². The lowest BCUT2D eigenvalue weighted by Gasteiger charge is -2.36. The second-order valence-corrected chi connectivity index (χ2v) is 10.9. The van der Waals surface area contributed by atoms with E-state index < -0.39 is 32.6 Å². The van der Waals surface area contributed by atoms with Crippen LogP contribution in [-0.4, -0.2) is 44.8 Å². The van der Waals surface area contributed by atoms with Crippen molar-refractivity contribution in [1.82, 2.24) is 0 Å². The number of rotatable bonds is 5. The van der Waals surface area contributed by atoms with Gasteiger partial charge in [0.25, 0.3) is 0 Å². The lowest BCUT2D eigenvalue weighted by molar-refractivity contribution is -0.139. The second kappa shape index (κ2) is 6.81. The van der Waals surface area contributed by atoms with E-state index in [0.29, 0.717) is 0 Å². The van der Waals surface area contributed by atoms with Crippen molar-refractivity contribution in [3.05, 3.63) is 40.8 Å². The van der Waals surface area contributed by atoms with Crippen molar-refractivity contribution in [3.8, 4) is 0 Å². The van der Waals surface area contributed by atoms with E-state index in [1.54, 1.807) is 6.92 Å². The highest BCUT2D eigenvalue weighted by molar-refractivity contribution is 6.91. The highest BCUT2D eigenvalue weighted by Crippen LogP contribution is 2.43. The van der Waals surface area contributed by atoms with Crippen molar-refractivity contribution in [2.75, 3.05) is 7.11 Å². The van der Waals surface area contributed by atoms with Crippen LogP contribution in [0.5, 0.6) is 0 Å². The Morgan fingerprint density at radius 1 is 1.36 bits per heavy atom. The third-order valence-electron chi connectivity index (χ3n) is 4.54. The highest BCUT2D eigenvalue weighted by atomic mass is 28.3. The largest absolute Gasteiger partial charge is 0.391 e. The summed E-state index contributed by atoms with van der Waals surface area (Å²) >= 11 is 0. The summed E-state index contributed by atoms with van der Waals surface area (Å²) in [6.45, 7) is 6.13. The van der Waals surface area contributed by atoms with Crippen molar-refractivity contribution in [1.29, 1.82) is 0 Å². The van der Waals surface area contributed by atoms with Gasteiger partial charge in [-0.3, -0.25) is 0 Å². The third-order valence-corrected chi connectivity index (χ3v) is 8.69. The summed E-state index contributed by atoms with van der Waals surface area (Å²) in [5.41, 5.74) is 8.86. The summed E-state index contributed by atoms with van der Waals surface area (Å²) in [6, 6.07) is 9.75. The number of nitrogens with zero attached hydrogens (tertiary/aromatic N) is 3. The Morgan fingerprint density at radius 2 is 2.00 bits per heavy atom. The quantitative estimate of drug-likeness (QED) is 0.391. The van der Waals surface area contributed by atoms with Crippen LogP contribution in [0.2, 0.25) is 18.6 Å². The van der Waals surface area contributed by atoms with Crippen LogP contribution in [0.25, 0.3) is 10.4 Å². The van der Waals surface area contributed by atoms with Gasteiger partial charge in [-0.25, -0.2) is 0 Å². The molecule has 1 aliphatic rings. The maximum atomic E-state index is 10.1. The van der Waals surface area contributed by atoms with Gasteiger partial charge < -0.3 is 14.6 Å². The number of methoxy groups -OCH3 is 1. The van der Waals surface area contributed by atoms with Crippen molar-refractivity contribution < 1.29 is 14.6 Å². The van der Waals surface area contributed by atoms with Crippen LogP contribution in [0.15, 0.2) is 35.4 Å². The van der Waals surface area contributed by atoms with Crippen LogP contribution in [0.3, 0.4) is 0 Å². The molecule has 2 rings (SSSR count). The molecular formula is C15H23N3O3Si. The highest BCUT2D eigenvalue weighted by Gasteiger charge is 2.54. The summed E-state index contributed by atoms with van der Waals surface area (Å²) in [5.74, 6) is 0. The molecule has 1 fully saturated rings. The third kappa shape index (κ3) is 3.04. The van der Waals surface area contributed by atoms with Gasteiger partial charge >= 0.3 is 0 Å². The lowest BCUT2D eigenvalue weighted by atomic mass is 10.1. The van der Waals surface area contributed by atoms with E-state index in [-0.39, 0.29) is 5.54 Å². The van der Waals surface area contributed by atoms with Crippen LogP contribution in [0.1, 0.15) is 6.92 Å². The SMILES string of the molecule is COC1O[C@@H]([C@@H](C)O)[C@H]([Si](C)(C)c2ccccc2)[C@H]1N=[N+]=[N-]. The zero-order chi connectivity index (χ0) is 16.3. The van der Waals surface area contributed by atoms with E-state index >= 15 is 0 Å². The van der Waals surface area contributed by atoms with Gasteiger partial charge in [0.15, 0.2) is 6.29 Å². The van der Waals surface area contributed by atoms with E-state index in [4.69, 9.17) is 15.0 Å². The minimum atomic E-state index is -2.06. The van der Waals surface area contributed by atoms with Gasteiger partial charge in [0.05, 0.1) is 26.3 Å². The molecule has 5 atom stereocenters. The molecule has 22 heavy (non-hydrogen) atoms. The van der Waals surface area contributed by atoms with Crippen molar-refractivity contribution in [2.45, 2.75) is 50.1 Å². The molecule has 7 heteroatoms. The number of hydrogen-bond acceptors (Lipinski definition) is 4. The Morgan fingerprint density at radius 3 is 2.50 bits per heavy atom. The van der Waals surface area contributed by atoms with Crippen molar-refractivity contribution in [2.24, 2.45) is 5.11 Å². The zero-order valence-electron chi connectivity index (χ0n) is 13.4. The first-order chi connectivity index (χ1) is 10.4. The van der Waals surface area contributed by atoms with Gasteiger partial charge in [0.2, 0.25) is 0 Å². The molecule has 0 aromatic heterocycles. The molecule has 1 N–H and O–H groups in total. The summed E-state index contributed by atoms with van der Waals surface area (Å²) in [6.07, 6.45) is -1.67. The molecule has 0 bridgehead atoms. The normalized spacial score (nSPS) is 29.9. The molecule has 1 aliphatic heterocycles. The van der Waals surface area contributed by atoms with Crippen LogP contribution in [0, 0.1) is 0 Å². The number of benzene rings is 1. The van der Waals surface area contributed by atoms with Crippen LogP contribution in [0.4, 0.5) is 0 Å². The molecule has 1 heterocycles. The summed E-state index contributed by atoms with van der Waals surface area (Å²) < 4.78 is 11.2. The molecule has 0 spiro atoms. The number of aliphatic hydroxyl groups is 1. The van der Waals surface area contributed by atoms with E-state index in [9.17, 15) is 5.11 Å². The first-order valence-electron chi connectivity index (χ1n) is 7.39. The molecular weight excluding hydrogens is 298 g/mol. The van der Waals surface area contributed by atoms with Crippen molar-refractivity contribution >= 4 is 13.3 Å². The monoisotopic (exact) mass is 321 g/mol. The zero-order valence-corrected chi connectivity index (χ0v) is 14.4. The van der Waals surface area contributed by atoms with E-state index in [0.717, 1.165) is 0 Å². The molecule has 0 radical (unpaired) electrons. The Hall–Kier alpha value is -1.37. The first kappa shape index (κ1) is 17.0. The molecule has 0 saturated carbocycles. The first-order valence-corrected chi connectivity index (χ1v) is 10.5. The number of aliphatic hydroxyl groups excluding tert-OH is 1. The minimum Gasteiger partial charge on any atom is -0.391 e. The van der Waals surface area contributed by atoms with Crippen LogP contribution in [-0.2, 0) is 9.47 Å². The molecule has 120 valence electrons. The average Bonchev–Trinajstić information content (AvgIpc) is 2.88. The Bertz CT molecular complexity index is 546. The summed E-state index contributed by atoms with van der Waals surface area (Å²) in [4.78, 5) is 2.97.